The lowest BCUT2D eigenvalue weighted by atomic mass is 10.2. The van der Waals surface area contributed by atoms with E-state index in [4.69, 9.17) is 5.73 Å². The van der Waals surface area contributed by atoms with Crippen LogP contribution in [0.15, 0.2) is 0 Å². The van der Waals surface area contributed by atoms with Gasteiger partial charge in [-0.2, -0.15) is 0 Å². The van der Waals surface area contributed by atoms with E-state index in [9.17, 15) is 4.39 Å². The first kappa shape index (κ1) is 5.89. The molecule has 0 radical (unpaired) electrons. The molecule has 2 heteroatoms. The van der Waals surface area contributed by atoms with E-state index < -0.39 is 5.67 Å². The Labute approximate surface area is 37.3 Å². The number of alkyl halides is 1. The second-order valence-electron chi connectivity index (χ2n) is 1.92. The minimum atomic E-state index is -1.18. The van der Waals surface area contributed by atoms with Gasteiger partial charge < -0.3 is 5.73 Å². The van der Waals surface area contributed by atoms with Gasteiger partial charge in [-0.05, 0) is 13.8 Å². The van der Waals surface area contributed by atoms with Gasteiger partial charge in [-0.1, -0.05) is 0 Å². The molecule has 0 fully saturated rings. The lowest BCUT2D eigenvalue weighted by Crippen LogP contribution is -2.24. The van der Waals surface area contributed by atoms with Crippen LogP contribution in [0.3, 0.4) is 0 Å². The van der Waals surface area contributed by atoms with Gasteiger partial charge >= 0.3 is 0 Å². The molecule has 0 spiro atoms. The first-order valence-electron chi connectivity index (χ1n) is 1.95. The summed E-state index contributed by atoms with van der Waals surface area (Å²) in [7, 11) is 0. The average molecular weight is 91.1 g/mol. The molecule has 0 aromatic carbocycles. The van der Waals surface area contributed by atoms with Crippen molar-refractivity contribution in [2.75, 3.05) is 6.54 Å². The van der Waals surface area contributed by atoms with Gasteiger partial charge in [0.1, 0.15) is 5.67 Å². The molecule has 0 aliphatic heterocycles. The van der Waals surface area contributed by atoms with Crippen LogP contribution >= 0.6 is 0 Å². The summed E-state index contributed by atoms with van der Waals surface area (Å²) in [6, 6.07) is 0. The van der Waals surface area contributed by atoms with Gasteiger partial charge in [-0.3, -0.25) is 0 Å². The maximum absolute atomic E-state index is 12.0. The van der Waals surface area contributed by atoms with Gasteiger partial charge in [0, 0.05) is 6.54 Å². The van der Waals surface area contributed by atoms with Crippen LogP contribution in [0.5, 0.6) is 0 Å². The van der Waals surface area contributed by atoms with Gasteiger partial charge in [0.25, 0.3) is 0 Å². The normalized spacial score (nSPS) is 12.0. The number of halogens is 1. The van der Waals surface area contributed by atoms with Crippen molar-refractivity contribution in [1.29, 1.82) is 0 Å². The average Bonchev–Trinajstić information content (AvgIpc) is 1.35. The van der Waals surface area contributed by atoms with Gasteiger partial charge in [0.15, 0.2) is 0 Å². The van der Waals surface area contributed by atoms with Crippen molar-refractivity contribution >= 4 is 0 Å². The Hall–Kier alpha value is -0.110. The fraction of sp³-hybridized carbons (Fsp3) is 1.00. The van der Waals surface area contributed by atoms with Crippen molar-refractivity contribution in [2.45, 2.75) is 19.5 Å². The quantitative estimate of drug-likeness (QED) is 0.505. The third-order valence-corrected chi connectivity index (χ3v) is 0.485. The Morgan fingerprint density at radius 1 is 1.67 bits per heavy atom. The highest BCUT2D eigenvalue weighted by Gasteiger charge is 2.09. The second kappa shape index (κ2) is 1.56. The maximum atomic E-state index is 12.0. The van der Waals surface area contributed by atoms with Crippen LogP contribution in [-0.2, 0) is 0 Å². The molecule has 6 heavy (non-hydrogen) atoms. The lowest BCUT2D eigenvalue weighted by Gasteiger charge is -2.07. The van der Waals surface area contributed by atoms with Crippen LogP contribution in [0.25, 0.3) is 0 Å². The summed E-state index contributed by atoms with van der Waals surface area (Å²) in [5.74, 6) is 0. The second-order valence-corrected chi connectivity index (χ2v) is 1.92. The molecule has 0 aromatic heterocycles. The summed E-state index contributed by atoms with van der Waals surface area (Å²) >= 11 is 0. The molecule has 1 nitrogen and oxygen atoms in total. The zero-order valence-corrected chi connectivity index (χ0v) is 4.16. The highest BCUT2D eigenvalue weighted by Crippen LogP contribution is 2.02. The summed E-state index contributed by atoms with van der Waals surface area (Å²) in [4.78, 5) is 0. The summed E-state index contributed by atoms with van der Waals surface area (Å²) in [6.07, 6.45) is 0. The molecular formula is C4H10FN. The predicted molar refractivity (Wildman–Crippen MR) is 24.2 cm³/mol. The van der Waals surface area contributed by atoms with E-state index in [1.54, 1.807) is 0 Å². The highest BCUT2D eigenvalue weighted by molar-refractivity contribution is 4.64. The van der Waals surface area contributed by atoms with E-state index in [0.717, 1.165) is 0 Å². The van der Waals surface area contributed by atoms with Crippen LogP contribution in [0.1, 0.15) is 13.8 Å². The SMILES string of the molecule is CC(C)(F)CN. The van der Waals surface area contributed by atoms with E-state index in [1.165, 1.54) is 13.8 Å². The highest BCUT2D eigenvalue weighted by atomic mass is 19.1. The Kier molecular flexibility index (Phi) is 1.53. The summed E-state index contributed by atoms with van der Waals surface area (Å²) in [5.41, 5.74) is 3.75. The molecule has 0 saturated heterocycles. The molecule has 38 valence electrons. The number of nitrogens with two attached hydrogens (primary N) is 1. The van der Waals surface area contributed by atoms with Crippen LogP contribution in [-0.4, -0.2) is 12.2 Å². The Bertz CT molecular complexity index is 37.3. The standard InChI is InChI=1S/C4H10FN/c1-4(2,5)3-6/h3,6H2,1-2H3. The first-order chi connectivity index (χ1) is 2.56. The van der Waals surface area contributed by atoms with E-state index in [0.29, 0.717) is 0 Å². The lowest BCUT2D eigenvalue weighted by molar-refractivity contribution is 0.228. The fourth-order valence-electron chi connectivity index (χ4n) is 0. The Morgan fingerprint density at radius 3 is 1.83 bits per heavy atom. The van der Waals surface area contributed by atoms with E-state index in [-0.39, 0.29) is 6.54 Å². The summed E-state index contributed by atoms with van der Waals surface area (Å²) in [5, 5.41) is 0. The van der Waals surface area contributed by atoms with E-state index in [2.05, 4.69) is 0 Å². The molecule has 0 rings (SSSR count). The largest absolute Gasteiger partial charge is 0.328 e. The number of hydrogen-bond donors (Lipinski definition) is 1. The summed E-state index contributed by atoms with van der Waals surface area (Å²) < 4.78 is 12.0. The van der Waals surface area contributed by atoms with Crippen molar-refractivity contribution in [3.05, 3.63) is 0 Å². The molecule has 0 aliphatic carbocycles. The minimum absolute atomic E-state index is 0.104. The first-order valence-corrected chi connectivity index (χ1v) is 1.95. The topological polar surface area (TPSA) is 26.0 Å². The van der Waals surface area contributed by atoms with Crippen molar-refractivity contribution in [3.63, 3.8) is 0 Å². The zero-order chi connectivity index (χ0) is 5.21. The monoisotopic (exact) mass is 91.1 g/mol. The fourth-order valence-corrected chi connectivity index (χ4v) is 0. The molecule has 0 saturated carbocycles. The number of hydrogen-bond acceptors (Lipinski definition) is 1. The van der Waals surface area contributed by atoms with Gasteiger partial charge in [0.05, 0.1) is 0 Å². The van der Waals surface area contributed by atoms with Crippen molar-refractivity contribution in [2.24, 2.45) is 5.73 Å². The Balaban J connectivity index is 3.17. The molecule has 0 aliphatic rings. The van der Waals surface area contributed by atoms with Gasteiger partial charge in [-0.25, -0.2) is 4.39 Å². The van der Waals surface area contributed by atoms with Crippen LogP contribution in [0.4, 0.5) is 4.39 Å². The third-order valence-electron chi connectivity index (χ3n) is 0.485. The third kappa shape index (κ3) is 3.89. The van der Waals surface area contributed by atoms with Crippen molar-refractivity contribution in [1.82, 2.24) is 0 Å². The van der Waals surface area contributed by atoms with Crippen molar-refractivity contribution in [3.8, 4) is 0 Å². The zero-order valence-electron chi connectivity index (χ0n) is 4.16. The smallest absolute Gasteiger partial charge is 0.117 e. The molecule has 0 amide bonds. The van der Waals surface area contributed by atoms with Crippen molar-refractivity contribution < 1.29 is 4.39 Å². The molecule has 2 N–H and O–H groups in total. The molecular weight excluding hydrogens is 81.0 g/mol. The molecule has 0 unspecified atom stereocenters. The van der Waals surface area contributed by atoms with Crippen LogP contribution in [0, 0.1) is 0 Å². The van der Waals surface area contributed by atoms with Crippen LogP contribution < -0.4 is 5.73 Å². The van der Waals surface area contributed by atoms with E-state index in [1.807, 2.05) is 0 Å². The summed E-state index contributed by atoms with van der Waals surface area (Å²) in [6.45, 7) is 3.01. The maximum Gasteiger partial charge on any atom is 0.117 e. The molecule has 0 bridgehead atoms. The van der Waals surface area contributed by atoms with Gasteiger partial charge in [0.2, 0.25) is 0 Å². The Morgan fingerprint density at radius 2 is 1.83 bits per heavy atom. The molecule has 0 heterocycles. The van der Waals surface area contributed by atoms with Gasteiger partial charge in [-0.15, -0.1) is 0 Å². The minimum Gasteiger partial charge on any atom is -0.328 e. The van der Waals surface area contributed by atoms with Crippen LogP contribution in [0.2, 0.25) is 0 Å². The molecule has 0 atom stereocenters. The van der Waals surface area contributed by atoms with E-state index >= 15 is 0 Å². The predicted octanol–water partition coefficient (Wildman–Crippen LogP) is 0.693. The number of rotatable bonds is 1. The molecule has 0 aromatic rings.